The Kier molecular flexibility index (Phi) is 3.12. The van der Waals surface area contributed by atoms with Crippen LogP contribution in [0.1, 0.15) is 11.6 Å². The van der Waals surface area contributed by atoms with Gasteiger partial charge in [0.25, 0.3) is 0 Å². The van der Waals surface area contributed by atoms with E-state index in [4.69, 9.17) is 0 Å². The van der Waals surface area contributed by atoms with E-state index in [9.17, 15) is 0 Å². The van der Waals surface area contributed by atoms with Gasteiger partial charge in [0.05, 0.1) is 17.9 Å². The van der Waals surface area contributed by atoms with E-state index in [2.05, 4.69) is 45.6 Å². The summed E-state index contributed by atoms with van der Waals surface area (Å²) in [5, 5.41) is 3.56. The zero-order valence-electron chi connectivity index (χ0n) is 11.3. The van der Waals surface area contributed by atoms with Gasteiger partial charge in [0.15, 0.2) is 0 Å². The Morgan fingerprint density at radius 2 is 2.14 bits per heavy atom. The second kappa shape index (κ2) is 5.26. The number of benzene rings is 1. The Labute approximate surface area is 127 Å². The fraction of sp³-hybridized carbons (Fsp3) is 0.125. The SMILES string of the molecule is c1ccc2c(c1)SCC2Nc1ccc(-n2ccnc2)nc1. The zero-order valence-corrected chi connectivity index (χ0v) is 12.1. The number of aromatic nitrogens is 3. The van der Waals surface area contributed by atoms with Crippen LogP contribution in [0, 0.1) is 0 Å². The fourth-order valence-electron chi connectivity index (χ4n) is 2.50. The normalized spacial score (nSPS) is 16.7. The molecule has 0 saturated carbocycles. The standard InChI is InChI=1S/C16H14N4S/c1-2-4-15-13(3-1)14(10-21-15)19-12-5-6-16(18-9-12)20-8-7-17-11-20/h1-9,11,14,19H,10H2. The highest BCUT2D eigenvalue weighted by Gasteiger charge is 2.22. The van der Waals surface area contributed by atoms with E-state index in [0.717, 1.165) is 17.3 Å². The number of anilines is 1. The highest BCUT2D eigenvalue weighted by molar-refractivity contribution is 7.99. The number of nitrogens with one attached hydrogen (secondary N) is 1. The topological polar surface area (TPSA) is 42.7 Å². The van der Waals surface area contributed by atoms with Gasteiger partial charge >= 0.3 is 0 Å². The smallest absolute Gasteiger partial charge is 0.137 e. The third kappa shape index (κ3) is 2.40. The van der Waals surface area contributed by atoms with E-state index in [-0.39, 0.29) is 0 Å². The van der Waals surface area contributed by atoms with Crippen molar-refractivity contribution in [2.45, 2.75) is 10.9 Å². The summed E-state index contributed by atoms with van der Waals surface area (Å²) in [6.07, 6.45) is 7.26. The molecular weight excluding hydrogens is 280 g/mol. The van der Waals surface area contributed by atoms with Gasteiger partial charge in [0.2, 0.25) is 0 Å². The van der Waals surface area contributed by atoms with Gasteiger partial charge in [-0.05, 0) is 23.8 Å². The number of hydrogen-bond acceptors (Lipinski definition) is 4. The van der Waals surface area contributed by atoms with Gasteiger partial charge in [-0.25, -0.2) is 9.97 Å². The van der Waals surface area contributed by atoms with Crippen LogP contribution < -0.4 is 5.32 Å². The molecule has 0 radical (unpaired) electrons. The van der Waals surface area contributed by atoms with E-state index in [1.54, 1.807) is 12.5 Å². The molecule has 5 heteroatoms. The van der Waals surface area contributed by atoms with Crippen LogP contribution in [0.25, 0.3) is 5.82 Å². The van der Waals surface area contributed by atoms with Crippen molar-refractivity contribution in [3.05, 3.63) is 66.9 Å². The average Bonchev–Trinajstić information content (AvgIpc) is 3.19. The molecule has 1 N–H and O–H groups in total. The van der Waals surface area contributed by atoms with Gasteiger partial charge in [-0.15, -0.1) is 11.8 Å². The molecule has 1 atom stereocenters. The van der Waals surface area contributed by atoms with Crippen molar-refractivity contribution >= 4 is 17.4 Å². The molecule has 3 aromatic rings. The van der Waals surface area contributed by atoms with Crippen molar-refractivity contribution in [2.75, 3.05) is 11.1 Å². The van der Waals surface area contributed by atoms with Crippen molar-refractivity contribution in [1.82, 2.24) is 14.5 Å². The number of fused-ring (bicyclic) bond motifs is 1. The molecule has 3 heterocycles. The second-order valence-corrected chi connectivity index (χ2v) is 5.98. The third-order valence-corrected chi connectivity index (χ3v) is 4.74. The second-order valence-electron chi connectivity index (χ2n) is 4.92. The summed E-state index contributed by atoms with van der Waals surface area (Å²) in [4.78, 5) is 9.88. The predicted molar refractivity (Wildman–Crippen MR) is 84.9 cm³/mol. The Balaban J connectivity index is 1.53. The largest absolute Gasteiger partial charge is 0.376 e. The molecule has 0 saturated heterocycles. The lowest BCUT2D eigenvalue weighted by atomic mass is 10.1. The molecule has 21 heavy (non-hydrogen) atoms. The molecule has 1 unspecified atom stereocenters. The summed E-state index contributed by atoms with van der Waals surface area (Å²) in [5.74, 6) is 1.93. The molecule has 104 valence electrons. The zero-order chi connectivity index (χ0) is 14.1. The predicted octanol–water partition coefficient (Wildman–Crippen LogP) is 3.53. The lowest BCUT2D eigenvalue weighted by Crippen LogP contribution is -2.10. The summed E-state index contributed by atoms with van der Waals surface area (Å²) in [6.45, 7) is 0. The van der Waals surface area contributed by atoms with Crippen LogP contribution in [-0.2, 0) is 0 Å². The molecule has 4 nitrogen and oxygen atoms in total. The Morgan fingerprint density at radius 1 is 1.19 bits per heavy atom. The molecule has 0 spiro atoms. The summed E-state index contributed by atoms with van der Waals surface area (Å²) in [5.41, 5.74) is 2.42. The van der Waals surface area contributed by atoms with Gasteiger partial charge in [0, 0.05) is 23.0 Å². The fourth-order valence-corrected chi connectivity index (χ4v) is 3.66. The summed E-state index contributed by atoms with van der Waals surface area (Å²) in [6, 6.07) is 13.0. The highest BCUT2D eigenvalue weighted by Crippen LogP contribution is 2.39. The van der Waals surface area contributed by atoms with Gasteiger partial charge in [0.1, 0.15) is 12.1 Å². The van der Waals surface area contributed by atoms with Crippen LogP contribution in [0.2, 0.25) is 0 Å². The van der Waals surface area contributed by atoms with Gasteiger partial charge in [-0.2, -0.15) is 0 Å². The van der Waals surface area contributed by atoms with E-state index in [1.807, 2.05) is 34.8 Å². The first kappa shape index (κ1) is 12.5. The first-order valence-corrected chi connectivity index (χ1v) is 7.81. The van der Waals surface area contributed by atoms with Crippen LogP contribution in [0.4, 0.5) is 5.69 Å². The Bertz CT molecular complexity index is 737. The summed E-state index contributed by atoms with van der Waals surface area (Å²) >= 11 is 1.90. The molecule has 0 aliphatic carbocycles. The van der Waals surface area contributed by atoms with Crippen LogP contribution in [0.5, 0.6) is 0 Å². The van der Waals surface area contributed by atoms with Gasteiger partial charge < -0.3 is 5.32 Å². The minimum Gasteiger partial charge on any atom is -0.376 e. The molecule has 0 fully saturated rings. The minimum atomic E-state index is 0.354. The molecule has 0 amide bonds. The summed E-state index contributed by atoms with van der Waals surface area (Å²) < 4.78 is 1.89. The Morgan fingerprint density at radius 3 is 2.95 bits per heavy atom. The molecule has 1 aromatic carbocycles. The van der Waals surface area contributed by atoms with E-state index >= 15 is 0 Å². The van der Waals surface area contributed by atoms with Crippen LogP contribution in [-0.4, -0.2) is 20.3 Å². The summed E-state index contributed by atoms with van der Waals surface area (Å²) in [7, 11) is 0. The number of nitrogens with zero attached hydrogens (tertiary/aromatic N) is 3. The molecular formula is C16H14N4S. The number of imidazole rings is 1. The number of hydrogen-bond donors (Lipinski definition) is 1. The molecule has 1 aliphatic rings. The van der Waals surface area contributed by atoms with Crippen molar-refractivity contribution in [3.8, 4) is 5.82 Å². The van der Waals surface area contributed by atoms with Crippen LogP contribution >= 0.6 is 11.8 Å². The maximum Gasteiger partial charge on any atom is 0.137 e. The molecule has 1 aliphatic heterocycles. The molecule has 2 aromatic heterocycles. The lowest BCUT2D eigenvalue weighted by molar-refractivity contribution is 0.895. The van der Waals surface area contributed by atoms with Crippen molar-refractivity contribution < 1.29 is 0 Å². The van der Waals surface area contributed by atoms with Crippen LogP contribution in [0.3, 0.4) is 0 Å². The third-order valence-electron chi connectivity index (χ3n) is 3.56. The maximum atomic E-state index is 4.47. The average molecular weight is 294 g/mol. The van der Waals surface area contributed by atoms with E-state index in [1.165, 1.54) is 10.5 Å². The van der Waals surface area contributed by atoms with E-state index in [0.29, 0.717) is 6.04 Å². The van der Waals surface area contributed by atoms with Gasteiger partial charge in [-0.1, -0.05) is 18.2 Å². The monoisotopic (exact) mass is 294 g/mol. The van der Waals surface area contributed by atoms with Crippen molar-refractivity contribution in [1.29, 1.82) is 0 Å². The quantitative estimate of drug-likeness (QED) is 0.802. The van der Waals surface area contributed by atoms with Crippen LogP contribution in [0.15, 0.2) is 66.2 Å². The minimum absolute atomic E-state index is 0.354. The first-order chi connectivity index (χ1) is 10.4. The van der Waals surface area contributed by atoms with Gasteiger partial charge in [-0.3, -0.25) is 4.57 Å². The maximum absolute atomic E-state index is 4.47. The highest BCUT2D eigenvalue weighted by atomic mass is 32.2. The number of thioether (sulfide) groups is 1. The van der Waals surface area contributed by atoms with Crippen molar-refractivity contribution in [3.63, 3.8) is 0 Å². The number of pyridine rings is 1. The van der Waals surface area contributed by atoms with Crippen molar-refractivity contribution in [2.24, 2.45) is 0 Å². The van der Waals surface area contributed by atoms with E-state index < -0.39 is 0 Å². The molecule has 4 rings (SSSR count). The Hall–Kier alpha value is -2.27. The lowest BCUT2D eigenvalue weighted by Gasteiger charge is -2.14. The number of rotatable bonds is 3. The first-order valence-electron chi connectivity index (χ1n) is 6.83. The molecule has 0 bridgehead atoms.